The predicted octanol–water partition coefficient (Wildman–Crippen LogP) is 2.32. The van der Waals surface area contributed by atoms with Crippen molar-refractivity contribution in [1.29, 1.82) is 0 Å². The van der Waals surface area contributed by atoms with E-state index in [2.05, 4.69) is 38.3 Å². The first-order chi connectivity index (χ1) is 7.56. The topological polar surface area (TPSA) is 41.1 Å². The molecule has 0 fully saturated rings. The largest absolute Gasteiger partial charge is 0.355 e. The van der Waals surface area contributed by atoms with E-state index < -0.39 is 0 Å². The van der Waals surface area contributed by atoms with E-state index in [1.807, 2.05) is 0 Å². The summed E-state index contributed by atoms with van der Waals surface area (Å²) in [6.45, 7) is 9.89. The molecule has 0 saturated carbocycles. The third-order valence-electron chi connectivity index (χ3n) is 2.65. The molecule has 0 aliphatic rings. The molecule has 1 amide bonds. The Labute approximate surface area is 100 Å². The molecule has 0 radical (unpaired) electrons. The molecule has 0 aliphatic carbocycles. The van der Waals surface area contributed by atoms with Crippen LogP contribution >= 0.6 is 0 Å². The summed E-state index contributed by atoms with van der Waals surface area (Å²) < 4.78 is 0. The van der Waals surface area contributed by atoms with Gasteiger partial charge in [-0.1, -0.05) is 33.6 Å². The third kappa shape index (κ3) is 9.97. The number of unbranched alkanes of at least 4 members (excludes halogenated alkanes) is 1. The second kappa shape index (κ2) is 9.64. The molecule has 3 nitrogen and oxygen atoms in total. The van der Waals surface area contributed by atoms with Crippen molar-refractivity contribution >= 4 is 5.91 Å². The molecular formula is C13H28N2O. The van der Waals surface area contributed by atoms with Gasteiger partial charge in [-0.05, 0) is 25.7 Å². The van der Waals surface area contributed by atoms with Crippen LogP contribution in [0.15, 0.2) is 0 Å². The maximum atomic E-state index is 11.4. The summed E-state index contributed by atoms with van der Waals surface area (Å²) in [7, 11) is 0. The lowest BCUT2D eigenvalue weighted by molar-refractivity contribution is -0.120. The highest BCUT2D eigenvalue weighted by Crippen LogP contribution is 1.99. The maximum absolute atomic E-state index is 11.4. The van der Waals surface area contributed by atoms with Crippen molar-refractivity contribution in [1.82, 2.24) is 10.6 Å². The fourth-order valence-corrected chi connectivity index (χ4v) is 1.44. The zero-order valence-corrected chi connectivity index (χ0v) is 11.3. The Morgan fingerprint density at radius 1 is 1.19 bits per heavy atom. The van der Waals surface area contributed by atoms with Crippen molar-refractivity contribution in [2.45, 2.75) is 59.4 Å². The molecule has 1 atom stereocenters. The van der Waals surface area contributed by atoms with Gasteiger partial charge in [-0.3, -0.25) is 4.79 Å². The van der Waals surface area contributed by atoms with E-state index in [9.17, 15) is 4.79 Å². The van der Waals surface area contributed by atoms with Crippen molar-refractivity contribution < 1.29 is 4.79 Å². The van der Waals surface area contributed by atoms with Gasteiger partial charge in [0.25, 0.3) is 0 Å². The molecule has 3 heteroatoms. The van der Waals surface area contributed by atoms with Crippen LogP contribution in [0, 0.1) is 5.92 Å². The van der Waals surface area contributed by atoms with Gasteiger partial charge in [0, 0.05) is 12.6 Å². The van der Waals surface area contributed by atoms with E-state index in [0.717, 1.165) is 19.4 Å². The lowest BCUT2D eigenvalue weighted by Gasteiger charge is -2.13. The predicted molar refractivity (Wildman–Crippen MR) is 69.5 cm³/mol. The quantitative estimate of drug-likeness (QED) is 0.636. The minimum atomic E-state index is 0.115. The van der Waals surface area contributed by atoms with Crippen LogP contribution in [0.3, 0.4) is 0 Å². The smallest absolute Gasteiger partial charge is 0.233 e. The zero-order chi connectivity index (χ0) is 12.4. The van der Waals surface area contributed by atoms with Crippen LogP contribution < -0.4 is 10.6 Å². The summed E-state index contributed by atoms with van der Waals surface area (Å²) >= 11 is 0. The minimum absolute atomic E-state index is 0.115. The van der Waals surface area contributed by atoms with E-state index in [1.165, 1.54) is 12.8 Å². The van der Waals surface area contributed by atoms with E-state index in [4.69, 9.17) is 0 Å². The maximum Gasteiger partial charge on any atom is 0.233 e. The fraction of sp³-hybridized carbons (Fsp3) is 0.923. The Morgan fingerprint density at radius 2 is 1.88 bits per heavy atom. The number of nitrogens with one attached hydrogen (secondary N) is 2. The SMILES string of the molecule is CCCCC(C)NCC(=O)NCCC(C)C. The molecule has 16 heavy (non-hydrogen) atoms. The second-order valence-corrected chi connectivity index (χ2v) is 4.96. The summed E-state index contributed by atoms with van der Waals surface area (Å²) in [5.74, 6) is 0.765. The molecular weight excluding hydrogens is 200 g/mol. The van der Waals surface area contributed by atoms with Gasteiger partial charge in [-0.25, -0.2) is 0 Å². The summed E-state index contributed by atoms with van der Waals surface area (Å²) in [5.41, 5.74) is 0. The molecule has 0 aromatic carbocycles. The van der Waals surface area contributed by atoms with E-state index in [0.29, 0.717) is 18.5 Å². The van der Waals surface area contributed by atoms with Crippen LogP contribution in [0.25, 0.3) is 0 Å². The standard InChI is InChI=1S/C13H28N2O/c1-5-6-7-12(4)15-10-13(16)14-9-8-11(2)3/h11-12,15H,5-10H2,1-4H3,(H,14,16). The lowest BCUT2D eigenvalue weighted by atomic mass is 10.1. The minimum Gasteiger partial charge on any atom is -0.355 e. The van der Waals surface area contributed by atoms with Crippen molar-refractivity contribution in [2.24, 2.45) is 5.92 Å². The molecule has 0 aliphatic heterocycles. The molecule has 0 aromatic heterocycles. The molecule has 1 unspecified atom stereocenters. The average molecular weight is 228 g/mol. The van der Waals surface area contributed by atoms with Gasteiger partial charge in [0.05, 0.1) is 6.54 Å². The number of rotatable bonds is 9. The van der Waals surface area contributed by atoms with Crippen LogP contribution in [-0.4, -0.2) is 25.0 Å². The van der Waals surface area contributed by atoms with Gasteiger partial charge in [0.2, 0.25) is 5.91 Å². The van der Waals surface area contributed by atoms with Crippen molar-refractivity contribution in [3.63, 3.8) is 0 Å². The summed E-state index contributed by atoms with van der Waals surface area (Å²) in [6.07, 6.45) is 4.64. The van der Waals surface area contributed by atoms with Gasteiger partial charge < -0.3 is 10.6 Å². The fourth-order valence-electron chi connectivity index (χ4n) is 1.44. The van der Waals surface area contributed by atoms with Gasteiger partial charge in [-0.15, -0.1) is 0 Å². The lowest BCUT2D eigenvalue weighted by Crippen LogP contribution is -2.38. The van der Waals surface area contributed by atoms with E-state index in [1.54, 1.807) is 0 Å². The molecule has 2 N–H and O–H groups in total. The van der Waals surface area contributed by atoms with Crippen molar-refractivity contribution in [3.8, 4) is 0 Å². The molecule has 0 spiro atoms. The van der Waals surface area contributed by atoms with Gasteiger partial charge >= 0.3 is 0 Å². The molecule has 0 aromatic rings. The molecule has 0 rings (SSSR count). The number of carbonyl (C=O) groups excluding carboxylic acids is 1. The van der Waals surface area contributed by atoms with E-state index >= 15 is 0 Å². The van der Waals surface area contributed by atoms with Gasteiger partial charge in [-0.2, -0.15) is 0 Å². The van der Waals surface area contributed by atoms with Crippen LogP contribution in [0.2, 0.25) is 0 Å². The highest BCUT2D eigenvalue weighted by Gasteiger charge is 2.04. The molecule has 0 bridgehead atoms. The molecule has 0 saturated heterocycles. The average Bonchev–Trinajstić information content (AvgIpc) is 2.23. The normalized spacial score (nSPS) is 12.8. The number of carbonyl (C=O) groups is 1. The van der Waals surface area contributed by atoms with Crippen molar-refractivity contribution in [2.75, 3.05) is 13.1 Å². The monoisotopic (exact) mass is 228 g/mol. The Balaban J connectivity index is 3.42. The van der Waals surface area contributed by atoms with Crippen molar-refractivity contribution in [3.05, 3.63) is 0 Å². The Kier molecular flexibility index (Phi) is 9.30. The van der Waals surface area contributed by atoms with Crippen LogP contribution in [-0.2, 0) is 4.79 Å². The summed E-state index contributed by atoms with van der Waals surface area (Å²) in [5, 5.41) is 6.17. The zero-order valence-electron chi connectivity index (χ0n) is 11.3. The first-order valence-electron chi connectivity index (χ1n) is 6.56. The van der Waals surface area contributed by atoms with Crippen LogP contribution in [0.5, 0.6) is 0 Å². The Bertz CT molecular complexity index is 181. The number of amides is 1. The summed E-state index contributed by atoms with van der Waals surface area (Å²) in [6, 6.07) is 0.441. The molecule has 96 valence electrons. The Morgan fingerprint density at radius 3 is 2.44 bits per heavy atom. The Hall–Kier alpha value is -0.570. The first kappa shape index (κ1) is 15.4. The van der Waals surface area contributed by atoms with Gasteiger partial charge in [0.15, 0.2) is 0 Å². The van der Waals surface area contributed by atoms with Crippen LogP contribution in [0.1, 0.15) is 53.4 Å². The van der Waals surface area contributed by atoms with Gasteiger partial charge in [0.1, 0.15) is 0 Å². The third-order valence-corrected chi connectivity index (χ3v) is 2.65. The summed E-state index contributed by atoms with van der Waals surface area (Å²) in [4.78, 5) is 11.4. The van der Waals surface area contributed by atoms with E-state index in [-0.39, 0.29) is 5.91 Å². The highest BCUT2D eigenvalue weighted by atomic mass is 16.1. The first-order valence-corrected chi connectivity index (χ1v) is 6.56. The number of hydrogen-bond acceptors (Lipinski definition) is 2. The second-order valence-electron chi connectivity index (χ2n) is 4.96. The molecule has 0 heterocycles. The highest BCUT2D eigenvalue weighted by molar-refractivity contribution is 5.77. The van der Waals surface area contributed by atoms with Crippen LogP contribution in [0.4, 0.5) is 0 Å². The number of hydrogen-bond donors (Lipinski definition) is 2.